The topological polar surface area (TPSA) is 124 Å². The maximum absolute atomic E-state index is 11.1. The van der Waals surface area contributed by atoms with E-state index >= 15 is 0 Å². The number of carbonyl (C=O) groups is 1. The van der Waals surface area contributed by atoms with Crippen molar-refractivity contribution in [1.29, 1.82) is 0 Å². The number of nitrogens with two attached hydrogens (primary N) is 1. The van der Waals surface area contributed by atoms with E-state index in [1.54, 1.807) is 0 Å². The van der Waals surface area contributed by atoms with Crippen molar-refractivity contribution in [3.63, 3.8) is 0 Å². The van der Waals surface area contributed by atoms with Crippen LogP contribution in [0, 0.1) is 0 Å². The normalized spacial score (nSPS) is 11.9. The molecule has 0 spiro atoms. The maximum atomic E-state index is 11.1. The van der Waals surface area contributed by atoms with Gasteiger partial charge in [0.2, 0.25) is 5.82 Å². The van der Waals surface area contributed by atoms with Gasteiger partial charge in [0.15, 0.2) is 6.10 Å². The Labute approximate surface area is 133 Å². The lowest BCUT2D eigenvalue weighted by molar-refractivity contribution is 0.0999. The lowest BCUT2D eigenvalue weighted by atomic mass is 10.0. The molecule has 8 heteroatoms. The number of aliphatic hydroxyl groups is 1. The third-order valence-corrected chi connectivity index (χ3v) is 3.23. The van der Waals surface area contributed by atoms with Crippen LogP contribution < -0.4 is 11.1 Å². The van der Waals surface area contributed by atoms with E-state index in [0.29, 0.717) is 6.42 Å². The van der Waals surface area contributed by atoms with Crippen molar-refractivity contribution in [2.45, 2.75) is 25.9 Å². The number of anilines is 1. The summed E-state index contributed by atoms with van der Waals surface area (Å²) in [6.45, 7) is 2.29. The van der Waals surface area contributed by atoms with Crippen LogP contribution in [0.4, 0.5) is 10.8 Å². The number of carbonyl (C=O) groups excluding carboxylic acids is 1. The van der Waals surface area contributed by atoms with Crippen molar-refractivity contribution in [2.24, 2.45) is 5.73 Å². The number of ether oxygens (including phenoxy) is 1. The van der Waals surface area contributed by atoms with Crippen LogP contribution in [0.3, 0.4) is 0 Å². The summed E-state index contributed by atoms with van der Waals surface area (Å²) in [5.41, 5.74) is 7.30. The Morgan fingerprint density at radius 1 is 1.39 bits per heavy atom. The molecule has 1 aromatic heterocycles. The smallest absolute Gasteiger partial charge is 0.405 e. The average molecular weight is 320 g/mol. The number of nitrogens with one attached hydrogen (secondary N) is 1. The Kier molecular flexibility index (Phi) is 5.93. The molecule has 8 nitrogen and oxygen atoms in total. The van der Waals surface area contributed by atoms with Gasteiger partial charge in [-0.15, -0.1) is 0 Å². The van der Waals surface area contributed by atoms with Gasteiger partial charge in [-0.3, -0.25) is 0 Å². The molecule has 0 bridgehead atoms. The molecule has 1 heterocycles. The van der Waals surface area contributed by atoms with Gasteiger partial charge in [-0.05, 0) is 17.5 Å². The van der Waals surface area contributed by atoms with Crippen molar-refractivity contribution in [2.75, 3.05) is 18.5 Å². The molecule has 1 atom stereocenters. The number of benzene rings is 1. The van der Waals surface area contributed by atoms with E-state index in [1.807, 2.05) is 24.3 Å². The maximum Gasteiger partial charge on any atom is 0.405 e. The zero-order valence-corrected chi connectivity index (χ0v) is 12.9. The van der Waals surface area contributed by atoms with E-state index in [4.69, 9.17) is 20.1 Å². The number of primary amides is 1. The fraction of sp³-hybridized carbons (Fsp3) is 0.400. The summed E-state index contributed by atoms with van der Waals surface area (Å²) in [4.78, 5) is 15.2. The van der Waals surface area contributed by atoms with Crippen LogP contribution in [0.15, 0.2) is 28.8 Å². The Bertz CT molecular complexity index is 627. The van der Waals surface area contributed by atoms with Crippen LogP contribution >= 0.6 is 0 Å². The molecule has 0 unspecified atom stereocenters. The molecule has 2 rings (SSSR count). The summed E-state index contributed by atoms with van der Waals surface area (Å²) in [6, 6.07) is 8.10. The first kappa shape index (κ1) is 16.8. The van der Waals surface area contributed by atoms with Gasteiger partial charge in [0.1, 0.15) is 0 Å². The number of hydrogen-bond donors (Lipinski definition) is 3. The van der Waals surface area contributed by atoms with Crippen LogP contribution in [0.2, 0.25) is 0 Å². The highest BCUT2D eigenvalue weighted by molar-refractivity contribution is 5.65. The number of nitrogens with zero attached hydrogens (tertiary/aromatic N) is 2. The highest BCUT2D eigenvalue weighted by Gasteiger charge is 2.22. The van der Waals surface area contributed by atoms with Crippen molar-refractivity contribution in [3.05, 3.63) is 41.2 Å². The molecule has 4 N–H and O–H groups in total. The summed E-state index contributed by atoms with van der Waals surface area (Å²) in [6.07, 6.45) is -0.318. The molecule has 0 saturated heterocycles. The number of aliphatic hydroxyl groups excluding tert-OH is 1. The molecule has 1 aromatic carbocycles. The second kappa shape index (κ2) is 8.14. The predicted octanol–water partition coefficient (Wildman–Crippen LogP) is 1.42. The van der Waals surface area contributed by atoms with Gasteiger partial charge in [-0.25, -0.2) is 4.79 Å². The molecule has 0 radical (unpaired) electrons. The van der Waals surface area contributed by atoms with E-state index in [2.05, 4.69) is 22.4 Å². The monoisotopic (exact) mass is 320 g/mol. The molecule has 0 aliphatic rings. The Hall–Kier alpha value is -2.61. The van der Waals surface area contributed by atoms with Gasteiger partial charge in [-0.2, -0.15) is 4.98 Å². The van der Waals surface area contributed by atoms with Crippen molar-refractivity contribution in [3.8, 4) is 0 Å². The van der Waals surface area contributed by atoms with Gasteiger partial charge >= 0.3 is 12.1 Å². The third kappa shape index (κ3) is 4.96. The van der Waals surface area contributed by atoms with E-state index in [9.17, 15) is 4.79 Å². The van der Waals surface area contributed by atoms with Gasteiger partial charge in [0.25, 0.3) is 0 Å². The average Bonchev–Trinajstić information content (AvgIpc) is 3.01. The minimum Gasteiger partial charge on any atom is -0.438 e. The van der Waals surface area contributed by atoms with Crippen LogP contribution in [0.1, 0.15) is 30.0 Å². The lowest BCUT2D eigenvalue weighted by Gasteiger charge is -2.13. The van der Waals surface area contributed by atoms with E-state index in [1.165, 1.54) is 5.56 Å². The number of rotatable bonds is 8. The summed E-state index contributed by atoms with van der Waals surface area (Å²) in [5, 5.41) is 15.3. The molecule has 2 aromatic rings. The fourth-order valence-electron chi connectivity index (χ4n) is 2.05. The molecular formula is C15H20N4O4. The zero-order chi connectivity index (χ0) is 16.7. The number of hydrogen-bond acceptors (Lipinski definition) is 7. The molecule has 0 aliphatic carbocycles. The van der Waals surface area contributed by atoms with Crippen molar-refractivity contribution < 1.29 is 19.2 Å². The summed E-state index contributed by atoms with van der Waals surface area (Å²) in [5.74, 6) is 0.212. The predicted molar refractivity (Wildman–Crippen MR) is 82.8 cm³/mol. The fourth-order valence-corrected chi connectivity index (χ4v) is 2.05. The third-order valence-electron chi connectivity index (χ3n) is 3.23. The van der Waals surface area contributed by atoms with Gasteiger partial charge in [0.05, 0.1) is 6.61 Å². The lowest BCUT2D eigenvalue weighted by Crippen LogP contribution is -2.20. The number of amides is 1. The number of aromatic nitrogens is 2. The van der Waals surface area contributed by atoms with E-state index in [-0.39, 0.29) is 25.0 Å². The largest absolute Gasteiger partial charge is 0.438 e. The molecule has 0 saturated carbocycles. The quantitative estimate of drug-likeness (QED) is 0.672. The molecule has 0 fully saturated rings. The first-order chi connectivity index (χ1) is 11.1. The first-order valence-corrected chi connectivity index (χ1v) is 7.34. The highest BCUT2D eigenvalue weighted by atomic mass is 16.6. The van der Waals surface area contributed by atoms with Crippen molar-refractivity contribution >= 4 is 12.1 Å². The number of aryl methyl sites for hydroxylation is 1. The summed E-state index contributed by atoms with van der Waals surface area (Å²) < 4.78 is 10.1. The molecule has 23 heavy (non-hydrogen) atoms. The second-order valence-electron chi connectivity index (χ2n) is 4.91. The zero-order valence-electron chi connectivity index (χ0n) is 12.9. The van der Waals surface area contributed by atoms with Crippen LogP contribution in [-0.2, 0) is 17.6 Å². The van der Waals surface area contributed by atoms with Gasteiger partial charge in [-0.1, -0.05) is 36.3 Å². The Morgan fingerprint density at radius 2 is 2.09 bits per heavy atom. The second-order valence-corrected chi connectivity index (χ2v) is 4.91. The van der Waals surface area contributed by atoms with Gasteiger partial charge < -0.3 is 25.4 Å². The van der Waals surface area contributed by atoms with E-state index < -0.39 is 12.2 Å². The summed E-state index contributed by atoms with van der Waals surface area (Å²) >= 11 is 0. The SMILES string of the molecule is CCc1ccc(C[C@H](OC(N)=O)c2noc(NCCO)n2)cc1. The van der Waals surface area contributed by atoms with Crippen LogP contribution in [0.25, 0.3) is 0 Å². The molecule has 124 valence electrons. The standard InChI is InChI=1S/C15H20N4O4/c1-2-10-3-5-11(6-4-10)9-12(22-14(16)21)13-18-15(23-19-13)17-7-8-20/h3-6,12,20H,2,7-9H2,1H3,(H2,16,21)(H,17,18,19)/t12-/m0/s1. The summed E-state index contributed by atoms with van der Waals surface area (Å²) in [7, 11) is 0. The first-order valence-electron chi connectivity index (χ1n) is 7.34. The highest BCUT2D eigenvalue weighted by Crippen LogP contribution is 2.21. The molecule has 1 amide bonds. The van der Waals surface area contributed by atoms with Crippen LogP contribution in [0.5, 0.6) is 0 Å². The molecular weight excluding hydrogens is 300 g/mol. The van der Waals surface area contributed by atoms with Crippen LogP contribution in [-0.4, -0.2) is 34.5 Å². The Balaban J connectivity index is 2.12. The minimum absolute atomic E-state index is 0.0668. The van der Waals surface area contributed by atoms with Gasteiger partial charge in [0, 0.05) is 13.0 Å². The van der Waals surface area contributed by atoms with E-state index in [0.717, 1.165) is 12.0 Å². The molecule has 0 aliphatic heterocycles. The Morgan fingerprint density at radius 3 is 2.70 bits per heavy atom. The van der Waals surface area contributed by atoms with Crippen molar-refractivity contribution in [1.82, 2.24) is 10.1 Å². The minimum atomic E-state index is -0.908.